The molecule has 0 saturated carbocycles. The van der Waals surface area contributed by atoms with Gasteiger partial charge in [-0.15, -0.1) is 0 Å². The highest BCUT2D eigenvalue weighted by Crippen LogP contribution is 2.25. The zero-order valence-electron chi connectivity index (χ0n) is 10.7. The predicted octanol–water partition coefficient (Wildman–Crippen LogP) is 3.19. The van der Waals surface area contributed by atoms with Crippen LogP contribution in [0.3, 0.4) is 0 Å². The van der Waals surface area contributed by atoms with E-state index >= 15 is 0 Å². The zero-order valence-corrected chi connectivity index (χ0v) is 12.3. The largest absolute Gasteiger partial charge is 0.478 e. The first-order chi connectivity index (χ1) is 8.06. The number of ether oxygens (including phenoxy) is 2. The standard InChI is InChI=1S/C12H23BrO4/c1-3-5-6-7-9-17-12(13,11(14)15)8-10-16-4-2/h3-10H2,1-2H3,(H,14,15). The number of unbranched alkanes of at least 4 members (excludes halogenated alkanes) is 3. The average Bonchev–Trinajstić information content (AvgIpc) is 2.29. The van der Waals surface area contributed by atoms with Gasteiger partial charge in [0.1, 0.15) is 0 Å². The molecule has 0 radical (unpaired) electrons. The van der Waals surface area contributed by atoms with Crippen LogP contribution in [-0.2, 0) is 14.3 Å². The third-order valence-corrected chi connectivity index (χ3v) is 3.38. The van der Waals surface area contributed by atoms with Crippen molar-refractivity contribution >= 4 is 21.9 Å². The Hall–Kier alpha value is -0.130. The molecule has 0 aliphatic carbocycles. The predicted molar refractivity (Wildman–Crippen MR) is 70.5 cm³/mol. The smallest absolute Gasteiger partial charge is 0.347 e. The summed E-state index contributed by atoms with van der Waals surface area (Å²) in [4.78, 5) is 11.1. The van der Waals surface area contributed by atoms with Crippen molar-refractivity contribution in [1.82, 2.24) is 0 Å². The summed E-state index contributed by atoms with van der Waals surface area (Å²) in [6.45, 7) is 5.43. The first kappa shape index (κ1) is 16.9. The van der Waals surface area contributed by atoms with Crippen LogP contribution in [0, 0.1) is 0 Å². The van der Waals surface area contributed by atoms with Crippen molar-refractivity contribution in [2.24, 2.45) is 0 Å². The fourth-order valence-electron chi connectivity index (χ4n) is 1.35. The summed E-state index contributed by atoms with van der Waals surface area (Å²) in [5, 5.41) is 9.11. The Morgan fingerprint density at radius 1 is 1.24 bits per heavy atom. The van der Waals surface area contributed by atoms with Gasteiger partial charge in [0, 0.05) is 19.6 Å². The molecule has 4 nitrogen and oxygen atoms in total. The Labute approximate surface area is 112 Å². The van der Waals surface area contributed by atoms with Crippen molar-refractivity contribution in [2.45, 2.75) is 50.5 Å². The van der Waals surface area contributed by atoms with Crippen LogP contribution in [0.25, 0.3) is 0 Å². The monoisotopic (exact) mass is 310 g/mol. The van der Waals surface area contributed by atoms with Crippen molar-refractivity contribution < 1.29 is 19.4 Å². The van der Waals surface area contributed by atoms with E-state index in [9.17, 15) is 4.79 Å². The van der Waals surface area contributed by atoms with Crippen molar-refractivity contribution in [3.05, 3.63) is 0 Å². The first-order valence-electron chi connectivity index (χ1n) is 6.20. The van der Waals surface area contributed by atoms with Crippen LogP contribution in [0.4, 0.5) is 0 Å². The van der Waals surface area contributed by atoms with Crippen LogP contribution in [-0.4, -0.2) is 35.4 Å². The second-order valence-corrected chi connectivity index (χ2v) is 5.17. The van der Waals surface area contributed by atoms with E-state index in [1.807, 2.05) is 6.92 Å². The van der Waals surface area contributed by atoms with E-state index < -0.39 is 10.5 Å². The third kappa shape index (κ3) is 7.73. The Kier molecular flexibility index (Phi) is 9.78. The molecule has 1 N–H and O–H groups in total. The van der Waals surface area contributed by atoms with Gasteiger partial charge in [0.15, 0.2) is 0 Å². The Bertz CT molecular complexity index is 211. The third-order valence-electron chi connectivity index (χ3n) is 2.42. The quantitative estimate of drug-likeness (QED) is 0.470. The number of hydrogen-bond acceptors (Lipinski definition) is 3. The van der Waals surface area contributed by atoms with Gasteiger partial charge in [-0.25, -0.2) is 4.79 Å². The molecule has 0 amide bonds. The van der Waals surface area contributed by atoms with Crippen molar-refractivity contribution in [3.63, 3.8) is 0 Å². The summed E-state index contributed by atoms with van der Waals surface area (Å²) in [5.74, 6) is -0.993. The molecular formula is C12H23BrO4. The van der Waals surface area contributed by atoms with Gasteiger partial charge in [-0.1, -0.05) is 26.2 Å². The molecule has 102 valence electrons. The number of carboxylic acids is 1. The molecule has 0 heterocycles. The normalized spacial score (nSPS) is 14.5. The lowest BCUT2D eigenvalue weighted by Gasteiger charge is -2.23. The minimum atomic E-state index is -1.30. The maximum Gasteiger partial charge on any atom is 0.347 e. The Morgan fingerprint density at radius 3 is 2.47 bits per heavy atom. The van der Waals surface area contributed by atoms with Crippen molar-refractivity contribution in [3.8, 4) is 0 Å². The second kappa shape index (κ2) is 9.85. The zero-order chi connectivity index (χ0) is 13.1. The Balaban J connectivity index is 3.91. The maximum atomic E-state index is 11.1. The summed E-state index contributed by atoms with van der Waals surface area (Å²) >= 11 is 3.15. The van der Waals surface area contributed by atoms with E-state index in [-0.39, 0.29) is 0 Å². The lowest BCUT2D eigenvalue weighted by molar-refractivity contribution is -0.155. The number of alkyl halides is 1. The molecule has 17 heavy (non-hydrogen) atoms. The van der Waals surface area contributed by atoms with E-state index in [1.165, 1.54) is 0 Å². The fourth-order valence-corrected chi connectivity index (χ4v) is 1.68. The van der Waals surface area contributed by atoms with Crippen LogP contribution in [0.5, 0.6) is 0 Å². The Morgan fingerprint density at radius 2 is 1.94 bits per heavy atom. The van der Waals surface area contributed by atoms with E-state index in [0.29, 0.717) is 26.2 Å². The SMILES string of the molecule is CCCCCCOC(Br)(CCOCC)C(=O)O. The van der Waals surface area contributed by atoms with Gasteiger partial charge in [0.25, 0.3) is 0 Å². The van der Waals surface area contributed by atoms with E-state index in [2.05, 4.69) is 22.9 Å². The van der Waals surface area contributed by atoms with Gasteiger partial charge in [-0.2, -0.15) is 0 Å². The van der Waals surface area contributed by atoms with Crippen molar-refractivity contribution in [2.75, 3.05) is 19.8 Å². The highest BCUT2D eigenvalue weighted by atomic mass is 79.9. The van der Waals surface area contributed by atoms with Crippen LogP contribution >= 0.6 is 15.9 Å². The van der Waals surface area contributed by atoms with Gasteiger partial charge < -0.3 is 14.6 Å². The molecular weight excluding hydrogens is 288 g/mol. The number of hydrogen-bond donors (Lipinski definition) is 1. The molecule has 0 aliphatic rings. The number of carbonyl (C=O) groups is 1. The van der Waals surface area contributed by atoms with Crippen LogP contribution < -0.4 is 0 Å². The molecule has 0 rings (SSSR count). The van der Waals surface area contributed by atoms with Crippen LogP contribution in [0.1, 0.15) is 46.0 Å². The highest BCUT2D eigenvalue weighted by molar-refractivity contribution is 9.10. The summed E-state index contributed by atoms with van der Waals surface area (Å²) in [6, 6.07) is 0. The van der Waals surface area contributed by atoms with Gasteiger partial charge >= 0.3 is 5.97 Å². The molecule has 0 saturated heterocycles. The lowest BCUT2D eigenvalue weighted by atomic mass is 10.2. The number of halogens is 1. The number of aliphatic carboxylic acids is 1. The molecule has 0 aromatic rings. The van der Waals surface area contributed by atoms with Crippen molar-refractivity contribution in [1.29, 1.82) is 0 Å². The second-order valence-electron chi connectivity index (χ2n) is 3.89. The fraction of sp³-hybridized carbons (Fsp3) is 0.917. The summed E-state index contributed by atoms with van der Waals surface area (Å²) < 4.78 is 9.27. The van der Waals surface area contributed by atoms with Gasteiger partial charge in [-0.05, 0) is 29.3 Å². The number of carboxylic acid groups (broad SMARTS) is 1. The van der Waals surface area contributed by atoms with E-state index in [4.69, 9.17) is 14.6 Å². The van der Waals surface area contributed by atoms with Gasteiger partial charge in [0.2, 0.25) is 4.51 Å². The van der Waals surface area contributed by atoms with Gasteiger partial charge in [0.05, 0.1) is 6.61 Å². The van der Waals surface area contributed by atoms with Gasteiger partial charge in [-0.3, -0.25) is 0 Å². The molecule has 5 heteroatoms. The molecule has 1 unspecified atom stereocenters. The molecule has 0 aromatic carbocycles. The molecule has 0 aromatic heterocycles. The highest BCUT2D eigenvalue weighted by Gasteiger charge is 2.36. The maximum absolute atomic E-state index is 11.1. The molecule has 0 aliphatic heterocycles. The van der Waals surface area contributed by atoms with E-state index in [0.717, 1.165) is 25.7 Å². The first-order valence-corrected chi connectivity index (χ1v) is 7.00. The minimum Gasteiger partial charge on any atom is -0.478 e. The summed E-state index contributed by atoms with van der Waals surface area (Å²) in [5.41, 5.74) is 0. The summed E-state index contributed by atoms with van der Waals surface area (Å²) in [6.07, 6.45) is 4.59. The molecule has 0 fully saturated rings. The molecule has 0 spiro atoms. The van der Waals surface area contributed by atoms with Crippen LogP contribution in [0.2, 0.25) is 0 Å². The summed E-state index contributed by atoms with van der Waals surface area (Å²) in [7, 11) is 0. The molecule has 0 bridgehead atoms. The topological polar surface area (TPSA) is 55.8 Å². The molecule has 1 atom stereocenters. The minimum absolute atomic E-state index is 0.309. The number of rotatable bonds is 11. The average molecular weight is 311 g/mol. The van der Waals surface area contributed by atoms with E-state index in [1.54, 1.807) is 0 Å². The lowest BCUT2D eigenvalue weighted by Crippen LogP contribution is -2.36. The van der Waals surface area contributed by atoms with Crippen LogP contribution in [0.15, 0.2) is 0 Å².